The van der Waals surface area contributed by atoms with Crippen LogP contribution in [0.2, 0.25) is 0 Å². The van der Waals surface area contributed by atoms with Gasteiger partial charge in [0.2, 0.25) is 11.8 Å². The number of carbonyl (C=O) groups excluding carboxylic acids is 2. The number of hydrogen-bond acceptors (Lipinski definition) is 3. The average molecular weight is 448 g/mol. The number of aliphatic imine (C=N–C) groups is 1. The molecule has 174 valence electrons. The van der Waals surface area contributed by atoms with Gasteiger partial charge >= 0.3 is 0 Å². The SMILES string of the molecule is CN=C(NCc1ccc(N2CCCC2=O)cc1)NCc1cccc(NC(=O)C2CCCC2)c1. The van der Waals surface area contributed by atoms with E-state index >= 15 is 0 Å². The summed E-state index contributed by atoms with van der Waals surface area (Å²) in [6, 6.07) is 16.0. The first-order chi connectivity index (χ1) is 16.1. The minimum absolute atomic E-state index is 0.134. The van der Waals surface area contributed by atoms with Crippen molar-refractivity contribution >= 4 is 29.1 Å². The Morgan fingerprint density at radius 2 is 1.73 bits per heavy atom. The highest BCUT2D eigenvalue weighted by Gasteiger charge is 2.23. The fraction of sp³-hybridized carbons (Fsp3) is 0.423. The number of hydrogen-bond donors (Lipinski definition) is 3. The molecule has 1 aliphatic heterocycles. The molecule has 1 saturated heterocycles. The molecule has 33 heavy (non-hydrogen) atoms. The van der Waals surface area contributed by atoms with Gasteiger partial charge in [-0.3, -0.25) is 14.6 Å². The van der Waals surface area contributed by atoms with Crippen LogP contribution in [0.25, 0.3) is 0 Å². The Bertz CT molecular complexity index is 996. The van der Waals surface area contributed by atoms with E-state index in [1.807, 2.05) is 53.4 Å². The van der Waals surface area contributed by atoms with Crippen molar-refractivity contribution in [2.75, 3.05) is 23.8 Å². The molecule has 1 aliphatic carbocycles. The van der Waals surface area contributed by atoms with E-state index in [1.165, 1.54) is 0 Å². The molecule has 2 fully saturated rings. The third-order valence-electron chi connectivity index (χ3n) is 6.39. The van der Waals surface area contributed by atoms with Crippen LogP contribution in [0.5, 0.6) is 0 Å². The first-order valence-corrected chi connectivity index (χ1v) is 11.9. The molecule has 3 N–H and O–H groups in total. The van der Waals surface area contributed by atoms with E-state index in [1.54, 1.807) is 7.05 Å². The second kappa shape index (κ2) is 11.0. The normalized spacial score (nSPS) is 16.8. The molecule has 1 saturated carbocycles. The van der Waals surface area contributed by atoms with E-state index in [0.29, 0.717) is 25.5 Å². The molecule has 2 amide bonds. The summed E-state index contributed by atoms with van der Waals surface area (Å²) in [5.74, 6) is 1.19. The van der Waals surface area contributed by atoms with E-state index in [0.717, 1.165) is 61.2 Å². The van der Waals surface area contributed by atoms with Crippen molar-refractivity contribution in [1.29, 1.82) is 0 Å². The van der Waals surface area contributed by atoms with Gasteiger partial charge in [-0.15, -0.1) is 0 Å². The van der Waals surface area contributed by atoms with Crippen LogP contribution in [0.1, 0.15) is 49.7 Å². The van der Waals surface area contributed by atoms with Crippen LogP contribution >= 0.6 is 0 Å². The van der Waals surface area contributed by atoms with Gasteiger partial charge in [0, 0.05) is 50.4 Å². The average Bonchev–Trinajstić information content (AvgIpc) is 3.52. The molecule has 4 rings (SSSR count). The summed E-state index contributed by atoms with van der Waals surface area (Å²) < 4.78 is 0. The van der Waals surface area contributed by atoms with Crippen molar-refractivity contribution in [3.63, 3.8) is 0 Å². The summed E-state index contributed by atoms with van der Waals surface area (Å²) in [6.45, 7) is 2.03. The molecule has 0 atom stereocenters. The largest absolute Gasteiger partial charge is 0.352 e. The molecule has 7 nitrogen and oxygen atoms in total. The lowest BCUT2D eigenvalue weighted by Gasteiger charge is -2.16. The van der Waals surface area contributed by atoms with Gasteiger partial charge in [-0.25, -0.2) is 0 Å². The van der Waals surface area contributed by atoms with Crippen molar-refractivity contribution in [2.45, 2.75) is 51.6 Å². The lowest BCUT2D eigenvalue weighted by Crippen LogP contribution is -2.36. The molecular formula is C26H33N5O2. The zero-order valence-corrected chi connectivity index (χ0v) is 19.3. The predicted octanol–water partition coefficient (Wildman–Crippen LogP) is 3.81. The maximum absolute atomic E-state index is 12.4. The number of nitrogens with one attached hydrogen (secondary N) is 3. The first-order valence-electron chi connectivity index (χ1n) is 11.9. The fourth-order valence-corrected chi connectivity index (χ4v) is 4.50. The zero-order valence-electron chi connectivity index (χ0n) is 19.3. The molecule has 2 aliphatic rings. The predicted molar refractivity (Wildman–Crippen MR) is 132 cm³/mol. The molecule has 1 heterocycles. The summed E-state index contributed by atoms with van der Waals surface area (Å²) in [5, 5.41) is 9.72. The van der Waals surface area contributed by atoms with E-state index in [9.17, 15) is 9.59 Å². The second-order valence-corrected chi connectivity index (χ2v) is 8.77. The van der Waals surface area contributed by atoms with Crippen LogP contribution in [0.3, 0.4) is 0 Å². The lowest BCUT2D eigenvalue weighted by molar-refractivity contribution is -0.119. The molecule has 0 bridgehead atoms. The van der Waals surface area contributed by atoms with Gasteiger partial charge in [-0.2, -0.15) is 0 Å². The molecule has 0 spiro atoms. The van der Waals surface area contributed by atoms with Gasteiger partial charge in [-0.05, 0) is 54.7 Å². The number of amides is 2. The van der Waals surface area contributed by atoms with Gasteiger partial charge in [0.1, 0.15) is 0 Å². The first kappa shape index (κ1) is 22.8. The van der Waals surface area contributed by atoms with E-state index < -0.39 is 0 Å². The summed E-state index contributed by atoms with van der Waals surface area (Å²) >= 11 is 0. The number of carbonyl (C=O) groups is 2. The Morgan fingerprint density at radius 3 is 2.39 bits per heavy atom. The quantitative estimate of drug-likeness (QED) is 0.445. The van der Waals surface area contributed by atoms with E-state index in [4.69, 9.17) is 0 Å². The standard InChI is InChI=1S/C26H33N5O2/c1-27-26(28-17-19-11-13-23(14-12-19)31-15-5-10-24(31)32)29-18-20-6-4-9-22(16-20)30-25(33)21-7-2-3-8-21/h4,6,9,11-14,16,21H,2-3,5,7-8,10,15,17-18H2,1H3,(H,30,33)(H2,27,28,29). The molecule has 0 unspecified atom stereocenters. The molecule has 7 heteroatoms. The van der Waals surface area contributed by atoms with Gasteiger partial charge in [-0.1, -0.05) is 37.1 Å². The summed E-state index contributed by atoms with van der Waals surface area (Å²) in [4.78, 5) is 30.5. The van der Waals surface area contributed by atoms with E-state index in [2.05, 4.69) is 20.9 Å². The van der Waals surface area contributed by atoms with Gasteiger partial charge < -0.3 is 20.9 Å². The maximum Gasteiger partial charge on any atom is 0.227 e. The Balaban J connectivity index is 1.25. The molecule has 0 radical (unpaired) electrons. The van der Waals surface area contributed by atoms with Crippen LogP contribution in [0.15, 0.2) is 53.5 Å². The topological polar surface area (TPSA) is 85.8 Å². The minimum atomic E-state index is 0.134. The second-order valence-electron chi connectivity index (χ2n) is 8.77. The van der Waals surface area contributed by atoms with Crippen molar-refractivity contribution in [3.05, 3.63) is 59.7 Å². The summed E-state index contributed by atoms with van der Waals surface area (Å²) in [6.07, 6.45) is 5.86. The summed E-state index contributed by atoms with van der Waals surface area (Å²) in [7, 11) is 1.75. The Hall–Kier alpha value is -3.35. The highest BCUT2D eigenvalue weighted by atomic mass is 16.2. The Kier molecular flexibility index (Phi) is 7.60. The molecular weight excluding hydrogens is 414 g/mol. The maximum atomic E-state index is 12.4. The smallest absolute Gasteiger partial charge is 0.227 e. The van der Waals surface area contributed by atoms with E-state index in [-0.39, 0.29) is 17.7 Å². The van der Waals surface area contributed by atoms with Gasteiger partial charge in [0.25, 0.3) is 0 Å². The fourth-order valence-electron chi connectivity index (χ4n) is 4.50. The number of nitrogens with zero attached hydrogens (tertiary/aromatic N) is 2. The number of rotatable bonds is 7. The number of anilines is 2. The van der Waals surface area contributed by atoms with Crippen LogP contribution < -0.4 is 20.9 Å². The van der Waals surface area contributed by atoms with Crippen molar-refractivity contribution in [3.8, 4) is 0 Å². The van der Waals surface area contributed by atoms with Crippen molar-refractivity contribution in [2.24, 2.45) is 10.9 Å². The lowest BCUT2D eigenvalue weighted by atomic mass is 10.1. The molecule has 0 aromatic heterocycles. The Labute approximate surface area is 195 Å². The van der Waals surface area contributed by atoms with Crippen LogP contribution in [0.4, 0.5) is 11.4 Å². The van der Waals surface area contributed by atoms with Crippen molar-refractivity contribution in [1.82, 2.24) is 10.6 Å². The Morgan fingerprint density at radius 1 is 1.00 bits per heavy atom. The summed E-state index contributed by atoms with van der Waals surface area (Å²) in [5.41, 5.74) is 3.99. The highest BCUT2D eigenvalue weighted by molar-refractivity contribution is 5.95. The zero-order chi connectivity index (χ0) is 23.0. The van der Waals surface area contributed by atoms with Gasteiger partial charge in [0.05, 0.1) is 0 Å². The van der Waals surface area contributed by atoms with Crippen LogP contribution in [-0.2, 0) is 22.7 Å². The number of benzene rings is 2. The third-order valence-corrected chi connectivity index (χ3v) is 6.39. The highest BCUT2D eigenvalue weighted by Crippen LogP contribution is 2.26. The molecule has 2 aromatic rings. The van der Waals surface area contributed by atoms with Gasteiger partial charge in [0.15, 0.2) is 5.96 Å². The number of guanidine groups is 1. The molecule has 2 aromatic carbocycles. The van der Waals surface area contributed by atoms with Crippen LogP contribution in [-0.4, -0.2) is 31.4 Å². The third kappa shape index (κ3) is 6.12. The monoisotopic (exact) mass is 447 g/mol. The van der Waals surface area contributed by atoms with Crippen LogP contribution in [0, 0.1) is 5.92 Å². The van der Waals surface area contributed by atoms with Crippen molar-refractivity contribution < 1.29 is 9.59 Å². The minimum Gasteiger partial charge on any atom is -0.352 e.